The van der Waals surface area contributed by atoms with E-state index in [1.165, 1.54) is 23.2 Å². The number of hydrogen-bond donors (Lipinski definition) is 1. The van der Waals surface area contributed by atoms with Crippen molar-refractivity contribution in [1.82, 2.24) is 14.8 Å². The highest BCUT2D eigenvalue weighted by atomic mass is 19.4. The number of aromatic nitrogens is 1. The normalized spacial score (nSPS) is 22.0. The number of nitrogens with zero attached hydrogens (tertiary/aromatic N) is 5. The SMILES string of the molecule is N#Cc1ccc(N2C(=O)[C@@H]3C4CC(CN4C(=O)Nc4cc(C(F)(F)F)cc(C(F)(F)F)c4)N3C2=O)c2cccnc12. The minimum Gasteiger partial charge on any atom is -0.317 e. The molecule has 4 heterocycles. The molecule has 2 aromatic carbocycles. The highest BCUT2D eigenvalue weighted by Gasteiger charge is 2.63. The summed E-state index contributed by atoms with van der Waals surface area (Å²) in [5, 5.41) is 11.9. The second-order valence-electron chi connectivity index (χ2n) is 9.79. The molecule has 210 valence electrons. The van der Waals surface area contributed by atoms with Gasteiger partial charge >= 0.3 is 24.4 Å². The Hall–Kier alpha value is -4.87. The molecule has 15 heteroatoms. The smallest absolute Gasteiger partial charge is 0.317 e. The van der Waals surface area contributed by atoms with Crippen LogP contribution < -0.4 is 10.2 Å². The Balaban J connectivity index is 1.29. The van der Waals surface area contributed by atoms with Gasteiger partial charge in [0.1, 0.15) is 12.1 Å². The molecule has 3 aromatic rings. The number of nitriles is 1. The summed E-state index contributed by atoms with van der Waals surface area (Å²) in [7, 11) is 0. The quantitative estimate of drug-likeness (QED) is 0.344. The van der Waals surface area contributed by atoms with Gasteiger partial charge in [0.2, 0.25) is 0 Å². The van der Waals surface area contributed by atoms with Crippen molar-refractivity contribution in [3.8, 4) is 6.07 Å². The molecule has 2 unspecified atom stereocenters. The number of piperazine rings is 1. The van der Waals surface area contributed by atoms with Gasteiger partial charge in [-0.05, 0) is 48.9 Å². The first-order chi connectivity index (χ1) is 19.3. The largest absolute Gasteiger partial charge is 0.416 e. The van der Waals surface area contributed by atoms with Crippen LogP contribution in [0.4, 0.5) is 47.3 Å². The van der Waals surface area contributed by atoms with Crippen molar-refractivity contribution in [2.45, 2.75) is 36.9 Å². The molecule has 1 N–H and O–H groups in total. The highest BCUT2D eigenvalue weighted by Crippen LogP contribution is 2.44. The van der Waals surface area contributed by atoms with Crippen LogP contribution in [-0.4, -0.2) is 57.4 Å². The first-order valence-electron chi connectivity index (χ1n) is 12.1. The van der Waals surface area contributed by atoms with E-state index in [1.807, 2.05) is 6.07 Å². The predicted octanol–water partition coefficient (Wildman–Crippen LogP) is 4.97. The molecule has 2 bridgehead atoms. The van der Waals surface area contributed by atoms with Gasteiger partial charge in [-0.3, -0.25) is 9.78 Å². The van der Waals surface area contributed by atoms with Crippen molar-refractivity contribution < 1.29 is 40.7 Å². The van der Waals surface area contributed by atoms with Gasteiger partial charge in [0, 0.05) is 23.8 Å². The number of anilines is 2. The van der Waals surface area contributed by atoms with E-state index in [1.54, 1.807) is 12.1 Å². The topological polar surface area (TPSA) is 110 Å². The average Bonchev–Trinajstić information content (AvgIpc) is 3.58. The zero-order valence-electron chi connectivity index (χ0n) is 20.5. The Kier molecular flexibility index (Phi) is 5.67. The number of likely N-dealkylation sites (tertiary alicyclic amines) is 1. The number of urea groups is 2. The lowest BCUT2D eigenvalue weighted by Gasteiger charge is -2.34. The van der Waals surface area contributed by atoms with E-state index in [0.29, 0.717) is 17.5 Å². The highest BCUT2D eigenvalue weighted by molar-refractivity contribution is 6.25. The lowest BCUT2D eigenvalue weighted by molar-refractivity contribution is -0.143. The van der Waals surface area contributed by atoms with E-state index in [9.17, 15) is 46.0 Å². The summed E-state index contributed by atoms with van der Waals surface area (Å²) >= 11 is 0. The molecule has 3 fully saturated rings. The van der Waals surface area contributed by atoms with Crippen LogP contribution >= 0.6 is 0 Å². The Morgan fingerprint density at radius 3 is 2.34 bits per heavy atom. The zero-order chi connectivity index (χ0) is 29.4. The monoisotopic (exact) mass is 574 g/mol. The van der Waals surface area contributed by atoms with Gasteiger partial charge in [0.25, 0.3) is 5.91 Å². The molecule has 0 saturated carbocycles. The predicted molar refractivity (Wildman–Crippen MR) is 129 cm³/mol. The Labute approximate surface area is 226 Å². The summed E-state index contributed by atoms with van der Waals surface area (Å²) in [4.78, 5) is 47.7. The second kappa shape index (κ2) is 8.82. The molecule has 41 heavy (non-hydrogen) atoms. The molecule has 9 nitrogen and oxygen atoms in total. The van der Waals surface area contributed by atoms with E-state index >= 15 is 0 Å². The van der Waals surface area contributed by atoms with Crippen molar-refractivity contribution in [2.24, 2.45) is 0 Å². The van der Waals surface area contributed by atoms with Crippen LogP contribution in [0.3, 0.4) is 0 Å². The number of nitrogens with one attached hydrogen (secondary N) is 1. The molecule has 1 aromatic heterocycles. The molecule has 0 radical (unpaired) electrons. The van der Waals surface area contributed by atoms with Gasteiger partial charge < -0.3 is 15.1 Å². The Morgan fingerprint density at radius 1 is 1.02 bits per heavy atom. The van der Waals surface area contributed by atoms with Gasteiger partial charge in [0.15, 0.2) is 0 Å². The van der Waals surface area contributed by atoms with E-state index in [-0.39, 0.29) is 35.8 Å². The minimum atomic E-state index is -5.10. The number of halogens is 6. The fourth-order valence-electron chi connectivity index (χ4n) is 5.78. The molecular weight excluding hydrogens is 558 g/mol. The number of pyridine rings is 1. The number of carbonyl (C=O) groups excluding carboxylic acids is 3. The maximum Gasteiger partial charge on any atom is 0.416 e. The summed E-state index contributed by atoms with van der Waals surface area (Å²) in [6, 6.07) is 4.55. The van der Waals surface area contributed by atoms with Crippen LogP contribution in [0.2, 0.25) is 0 Å². The number of rotatable bonds is 2. The number of fused-ring (bicyclic) bond motifs is 6. The Bertz CT molecular complexity index is 1650. The maximum atomic E-state index is 13.6. The van der Waals surface area contributed by atoms with Crippen molar-refractivity contribution in [2.75, 3.05) is 16.8 Å². The molecule has 0 spiro atoms. The number of carbonyl (C=O) groups is 3. The van der Waals surface area contributed by atoms with Crippen molar-refractivity contribution in [1.29, 1.82) is 5.26 Å². The fraction of sp³-hybridized carbons (Fsp3) is 0.269. The summed E-state index contributed by atoms with van der Waals surface area (Å²) < 4.78 is 79.5. The number of imide groups is 1. The molecule has 3 saturated heterocycles. The van der Waals surface area contributed by atoms with Crippen LogP contribution in [0.5, 0.6) is 0 Å². The van der Waals surface area contributed by atoms with E-state index in [2.05, 4.69) is 10.3 Å². The number of hydrogen-bond acceptors (Lipinski definition) is 5. The third-order valence-electron chi connectivity index (χ3n) is 7.47. The summed E-state index contributed by atoms with van der Waals surface area (Å²) in [5.41, 5.74) is -3.20. The summed E-state index contributed by atoms with van der Waals surface area (Å²) in [5.74, 6) is -0.659. The number of alkyl halides is 6. The van der Waals surface area contributed by atoms with Crippen LogP contribution in [0.15, 0.2) is 48.7 Å². The first-order valence-corrected chi connectivity index (χ1v) is 12.1. The van der Waals surface area contributed by atoms with Gasteiger partial charge in [-0.25, -0.2) is 14.5 Å². The van der Waals surface area contributed by atoms with Crippen molar-refractivity contribution in [3.05, 3.63) is 65.4 Å². The van der Waals surface area contributed by atoms with Gasteiger partial charge in [-0.15, -0.1) is 0 Å². The lowest BCUT2D eigenvalue weighted by atomic mass is 10.1. The molecular formula is C26H16F6N6O3. The average molecular weight is 574 g/mol. The van der Waals surface area contributed by atoms with Gasteiger partial charge in [0.05, 0.1) is 40.0 Å². The Morgan fingerprint density at radius 2 is 1.71 bits per heavy atom. The van der Waals surface area contributed by atoms with E-state index in [4.69, 9.17) is 0 Å². The molecule has 5 amide bonds. The van der Waals surface area contributed by atoms with Crippen LogP contribution in [0, 0.1) is 11.3 Å². The molecule has 3 aliphatic rings. The third kappa shape index (κ3) is 4.09. The minimum absolute atomic E-state index is 0.0505. The van der Waals surface area contributed by atoms with Crippen molar-refractivity contribution in [3.63, 3.8) is 0 Å². The van der Waals surface area contributed by atoms with Crippen LogP contribution in [0.1, 0.15) is 23.1 Å². The zero-order valence-corrected chi connectivity index (χ0v) is 20.5. The third-order valence-corrected chi connectivity index (χ3v) is 7.47. The van der Waals surface area contributed by atoms with Crippen LogP contribution in [-0.2, 0) is 17.1 Å². The molecule has 3 aliphatic heterocycles. The van der Waals surface area contributed by atoms with E-state index < -0.39 is 65.3 Å². The summed E-state index contributed by atoms with van der Waals surface area (Å²) in [6.45, 7) is -0.0827. The molecule has 0 aliphatic carbocycles. The fourth-order valence-corrected chi connectivity index (χ4v) is 5.78. The molecule has 6 rings (SSSR count). The summed E-state index contributed by atoms with van der Waals surface area (Å²) in [6.07, 6.45) is -8.54. The first kappa shape index (κ1) is 26.4. The molecule has 3 atom stereocenters. The number of benzene rings is 2. The standard InChI is InChI=1S/C26H16F6N6O3/c27-25(28,29)13-6-14(26(30,31)32)8-15(7-13)35-23(40)36-11-16-9-19(36)21-22(39)38(24(41)37(16)21)18-4-3-12(10-33)20-17(18)2-1-5-34-20/h1-8,16,19,21H,9,11H2,(H,35,40)/t16?,19?,21-/m0/s1. The van der Waals surface area contributed by atoms with Crippen LogP contribution in [0.25, 0.3) is 10.9 Å². The van der Waals surface area contributed by atoms with Gasteiger partial charge in [-0.1, -0.05) is 0 Å². The second-order valence-corrected chi connectivity index (χ2v) is 9.79. The maximum absolute atomic E-state index is 13.6. The van der Waals surface area contributed by atoms with Crippen molar-refractivity contribution >= 4 is 40.2 Å². The van der Waals surface area contributed by atoms with Gasteiger partial charge in [-0.2, -0.15) is 31.6 Å². The van der Waals surface area contributed by atoms with E-state index in [0.717, 1.165) is 9.80 Å². The lowest BCUT2D eigenvalue weighted by Crippen LogP contribution is -2.55. The number of amides is 5.